The lowest BCUT2D eigenvalue weighted by Crippen LogP contribution is -2.47. The zero-order chi connectivity index (χ0) is 24.3. The fourth-order valence-electron chi connectivity index (χ4n) is 4.57. The van der Waals surface area contributed by atoms with E-state index >= 15 is 0 Å². The first-order chi connectivity index (χ1) is 16.0. The molecule has 1 saturated carbocycles. The van der Waals surface area contributed by atoms with Gasteiger partial charge in [0, 0.05) is 64.2 Å². The molecular formula is C23H29F2N5O2S2. The van der Waals surface area contributed by atoms with Crippen molar-refractivity contribution in [2.75, 3.05) is 54.6 Å². The van der Waals surface area contributed by atoms with E-state index in [1.54, 1.807) is 0 Å². The van der Waals surface area contributed by atoms with Gasteiger partial charge in [0.25, 0.3) is 5.92 Å². The van der Waals surface area contributed by atoms with Crippen molar-refractivity contribution < 1.29 is 17.2 Å². The van der Waals surface area contributed by atoms with E-state index in [0.717, 1.165) is 33.9 Å². The fraction of sp³-hybridized carbons (Fsp3) is 0.522. The van der Waals surface area contributed by atoms with Gasteiger partial charge in [-0.05, 0) is 30.7 Å². The van der Waals surface area contributed by atoms with Crippen molar-refractivity contribution in [2.24, 2.45) is 5.92 Å². The molecule has 2 aromatic rings. The van der Waals surface area contributed by atoms with E-state index in [9.17, 15) is 17.2 Å². The molecule has 0 amide bonds. The zero-order valence-corrected chi connectivity index (χ0v) is 21.2. The number of piperazine rings is 1. The topological polar surface area (TPSA) is 60.0 Å². The summed E-state index contributed by atoms with van der Waals surface area (Å²) in [5.41, 5.74) is 5.85. The lowest BCUT2D eigenvalue weighted by molar-refractivity contribution is 0.101. The lowest BCUT2D eigenvalue weighted by Gasteiger charge is -2.33. The predicted molar refractivity (Wildman–Crippen MR) is 132 cm³/mol. The third-order valence-corrected chi connectivity index (χ3v) is 9.05. The molecule has 0 spiro atoms. The van der Waals surface area contributed by atoms with Crippen molar-refractivity contribution >= 4 is 33.5 Å². The molecule has 7 nitrogen and oxygen atoms in total. The van der Waals surface area contributed by atoms with Gasteiger partial charge in [0.1, 0.15) is 0 Å². The molecule has 1 unspecified atom stereocenters. The van der Waals surface area contributed by atoms with Gasteiger partial charge in [0.15, 0.2) is 0 Å². The number of anilines is 2. The van der Waals surface area contributed by atoms with E-state index in [4.69, 9.17) is 4.98 Å². The van der Waals surface area contributed by atoms with E-state index in [1.165, 1.54) is 22.7 Å². The van der Waals surface area contributed by atoms with Crippen molar-refractivity contribution in [1.29, 1.82) is 0 Å². The largest absolute Gasteiger partial charge is 0.300 e. The Hall–Kier alpha value is -1.95. The van der Waals surface area contributed by atoms with Crippen LogP contribution < -0.4 is 8.61 Å². The third-order valence-electron chi connectivity index (χ3n) is 6.76. The Labute approximate surface area is 204 Å². The molecular weight excluding hydrogens is 480 g/mol. The quantitative estimate of drug-likeness (QED) is 0.552. The number of benzene rings is 1. The Kier molecular flexibility index (Phi) is 6.02. The Morgan fingerprint density at radius 1 is 1.12 bits per heavy atom. The van der Waals surface area contributed by atoms with Crippen LogP contribution in [0.3, 0.4) is 0 Å². The van der Waals surface area contributed by atoms with Crippen LogP contribution in [0, 0.1) is 12.8 Å². The van der Waals surface area contributed by atoms with Crippen LogP contribution in [0.5, 0.6) is 0 Å². The first kappa shape index (κ1) is 23.8. The first-order valence-corrected chi connectivity index (χ1v) is 13.9. The van der Waals surface area contributed by atoms with E-state index in [0.29, 0.717) is 39.3 Å². The average Bonchev–Trinajstić information content (AvgIpc) is 3.26. The number of alkyl halides is 2. The molecule has 1 atom stereocenters. The van der Waals surface area contributed by atoms with Gasteiger partial charge >= 0.3 is 0 Å². The second kappa shape index (κ2) is 8.61. The monoisotopic (exact) mass is 509 g/mol. The van der Waals surface area contributed by atoms with Gasteiger partial charge in [-0.1, -0.05) is 12.1 Å². The van der Waals surface area contributed by atoms with Gasteiger partial charge in [-0.15, -0.1) is 0 Å². The molecule has 1 aliphatic carbocycles. The standard InChI is InChI=1S/C23H29F2N5O2S2/c1-16-4-6-19(15-28-8-10-29(11-9-28)34(3,31)32)26-22(16)17-5-7-20-21(12-17)27(2)33-30(20)14-18-13-23(18,24)25/h4-7,12,18H,8-11,13-15H2,1-3H3. The molecule has 2 fully saturated rings. The molecule has 184 valence electrons. The average molecular weight is 510 g/mol. The van der Waals surface area contributed by atoms with Crippen molar-refractivity contribution in [3.63, 3.8) is 0 Å². The molecule has 34 heavy (non-hydrogen) atoms. The molecule has 1 aromatic heterocycles. The molecule has 2 aliphatic heterocycles. The van der Waals surface area contributed by atoms with Crippen molar-refractivity contribution in [2.45, 2.75) is 25.8 Å². The number of hydrogen-bond acceptors (Lipinski definition) is 7. The molecule has 3 aliphatic rings. The minimum atomic E-state index is -3.15. The SMILES string of the molecule is Cc1ccc(CN2CCN(S(C)(=O)=O)CC2)nc1-c1ccc2c(c1)N(C)SN2CC1CC1(F)F. The smallest absolute Gasteiger partial charge is 0.253 e. The highest BCUT2D eigenvalue weighted by atomic mass is 32.2. The molecule has 1 saturated heterocycles. The Morgan fingerprint density at radius 2 is 1.82 bits per heavy atom. The van der Waals surface area contributed by atoms with Crippen LogP contribution in [-0.4, -0.2) is 74.6 Å². The summed E-state index contributed by atoms with van der Waals surface area (Å²) >= 11 is 1.46. The van der Waals surface area contributed by atoms with E-state index in [1.807, 2.05) is 40.8 Å². The second-order valence-electron chi connectivity index (χ2n) is 9.41. The molecule has 0 N–H and O–H groups in total. The maximum Gasteiger partial charge on any atom is 0.253 e. The van der Waals surface area contributed by atoms with E-state index in [-0.39, 0.29) is 6.42 Å². The molecule has 0 bridgehead atoms. The highest BCUT2D eigenvalue weighted by molar-refractivity contribution is 8.02. The Morgan fingerprint density at radius 3 is 2.47 bits per heavy atom. The molecule has 3 heterocycles. The molecule has 0 radical (unpaired) electrons. The summed E-state index contributed by atoms with van der Waals surface area (Å²) in [6, 6.07) is 10.2. The number of hydrogen-bond donors (Lipinski definition) is 0. The van der Waals surface area contributed by atoms with Crippen molar-refractivity contribution in [3.05, 3.63) is 41.6 Å². The van der Waals surface area contributed by atoms with Gasteiger partial charge in [0.05, 0.1) is 41.2 Å². The molecule has 5 rings (SSSR count). The van der Waals surface area contributed by atoms with Crippen LogP contribution in [0.25, 0.3) is 11.3 Å². The van der Waals surface area contributed by atoms with Crippen molar-refractivity contribution in [1.82, 2.24) is 14.2 Å². The molecule has 1 aromatic carbocycles. The first-order valence-electron chi connectivity index (χ1n) is 11.4. The number of rotatable bonds is 6. The van der Waals surface area contributed by atoms with Gasteiger partial charge in [0.2, 0.25) is 10.0 Å². The van der Waals surface area contributed by atoms with Gasteiger partial charge < -0.3 is 0 Å². The zero-order valence-electron chi connectivity index (χ0n) is 19.5. The molecule has 11 heteroatoms. The summed E-state index contributed by atoms with van der Waals surface area (Å²) in [4.78, 5) is 7.16. The van der Waals surface area contributed by atoms with E-state index in [2.05, 4.69) is 17.0 Å². The lowest BCUT2D eigenvalue weighted by atomic mass is 10.0. The third kappa shape index (κ3) is 4.75. The van der Waals surface area contributed by atoms with Crippen LogP contribution in [0.15, 0.2) is 30.3 Å². The number of fused-ring (bicyclic) bond motifs is 1. The summed E-state index contributed by atoms with van der Waals surface area (Å²) in [5.74, 6) is -3.10. The highest BCUT2D eigenvalue weighted by Crippen LogP contribution is 2.53. The number of nitrogens with zero attached hydrogens (tertiary/aromatic N) is 5. The van der Waals surface area contributed by atoms with Gasteiger partial charge in [-0.25, -0.2) is 17.2 Å². The van der Waals surface area contributed by atoms with Crippen LogP contribution >= 0.6 is 12.1 Å². The summed E-state index contributed by atoms with van der Waals surface area (Å²) in [5, 5.41) is 0. The van der Waals surface area contributed by atoms with Crippen LogP contribution in [0.4, 0.5) is 20.2 Å². The Bertz CT molecular complexity index is 1200. The number of sulfonamides is 1. The van der Waals surface area contributed by atoms with Crippen LogP contribution in [0.1, 0.15) is 17.7 Å². The van der Waals surface area contributed by atoms with Crippen LogP contribution in [0.2, 0.25) is 0 Å². The fourth-order valence-corrected chi connectivity index (χ4v) is 6.41. The van der Waals surface area contributed by atoms with Crippen LogP contribution in [-0.2, 0) is 16.6 Å². The summed E-state index contributed by atoms with van der Waals surface area (Å²) in [6.07, 6.45) is 1.23. The maximum atomic E-state index is 13.4. The predicted octanol–water partition coefficient (Wildman–Crippen LogP) is 3.61. The number of aromatic nitrogens is 1. The number of pyridine rings is 1. The van der Waals surface area contributed by atoms with E-state index < -0.39 is 21.9 Å². The normalized spacial score (nSPS) is 22.8. The summed E-state index contributed by atoms with van der Waals surface area (Å²) in [7, 11) is -1.20. The van der Waals surface area contributed by atoms with Crippen molar-refractivity contribution in [3.8, 4) is 11.3 Å². The number of aryl methyl sites for hydroxylation is 1. The Balaban J connectivity index is 1.32. The minimum absolute atomic E-state index is 0.0274. The van der Waals surface area contributed by atoms with Gasteiger partial charge in [-0.3, -0.25) is 18.5 Å². The number of halogens is 2. The minimum Gasteiger partial charge on any atom is -0.300 e. The summed E-state index contributed by atoms with van der Waals surface area (Å²) < 4.78 is 55.9. The van der Waals surface area contributed by atoms with Gasteiger partial charge in [-0.2, -0.15) is 4.31 Å². The summed E-state index contributed by atoms with van der Waals surface area (Å²) in [6.45, 7) is 5.38. The highest BCUT2D eigenvalue weighted by Gasteiger charge is 2.57. The maximum absolute atomic E-state index is 13.4. The second-order valence-corrected chi connectivity index (χ2v) is 12.5.